The molecule has 2 fully saturated rings. The second-order valence-corrected chi connectivity index (χ2v) is 14.0. The number of likely N-dealkylation sites (tertiary alicyclic amines) is 2. The van der Waals surface area contributed by atoms with Gasteiger partial charge in [-0.3, -0.25) is 19.6 Å². The van der Waals surface area contributed by atoms with Crippen LogP contribution in [0.15, 0.2) is 77.5 Å². The summed E-state index contributed by atoms with van der Waals surface area (Å²) in [7, 11) is 0. The van der Waals surface area contributed by atoms with Gasteiger partial charge in [0.1, 0.15) is 17.1 Å². The number of aliphatic hydroxyl groups is 1. The van der Waals surface area contributed by atoms with Crippen LogP contribution in [0.2, 0.25) is 0 Å². The van der Waals surface area contributed by atoms with E-state index in [9.17, 15) is 20.3 Å². The van der Waals surface area contributed by atoms with Crippen LogP contribution in [0, 0.1) is 31.1 Å². The molecule has 5 heterocycles. The molecule has 3 N–H and O–H groups in total. The lowest BCUT2D eigenvalue weighted by Gasteiger charge is -2.17. The van der Waals surface area contributed by atoms with Gasteiger partial charge < -0.3 is 19.9 Å². The van der Waals surface area contributed by atoms with Crippen molar-refractivity contribution in [3.63, 3.8) is 0 Å². The van der Waals surface area contributed by atoms with Crippen LogP contribution in [-0.4, -0.2) is 73.2 Å². The summed E-state index contributed by atoms with van der Waals surface area (Å²) < 4.78 is 6.28. The van der Waals surface area contributed by atoms with Gasteiger partial charge in [-0.05, 0) is 103 Å². The van der Waals surface area contributed by atoms with E-state index in [1.807, 2.05) is 48.7 Å². The van der Waals surface area contributed by atoms with E-state index in [0.29, 0.717) is 61.0 Å². The molecule has 8 rings (SSSR count). The highest BCUT2D eigenvalue weighted by molar-refractivity contribution is 5.91. The minimum atomic E-state index is -0.730. The molecule has 11 heteroatoms. The van der Waals surface area contributed by atoms with Crippen molar-refractivity contribution in [2.75, 3.05) is 31.5 Å². The average molecular weight is 694 g/mol. The first-order chi connectivity index (χ1) is 25.2. The monoisotopic (exact) mass is 693 g/mol. The summed E-state index contributed by atoms with van der Waals surface area (Å²) in [5, 5.41) is 33.8. The predicted octanol–water partition coefficient (Wildman–Crippen LogP) is 6.81. The molecule has 0 bridgehead atoms. The van der Waals surface area contributed by atoms with E-state index < -0.39 is 5.97 Å². The Hall–Kier alpha value is -5.67. The first-order valence-electron chi connectivity index (χ1n) is 17.6. The van der Waals surface area contributed by atoms with Crippen LogP contribution in [0.5, 0.6) is 0 Å². The quantitative estimate of drug-likeness (QED) is 0.146. The van der Waals surface area contributed by atoms with Crippen molar-refractivity contribution < 1.29 is 19.4 Å². The number of rotatable bonds is 9. The van der Waals surface area contributed by atoms with Gasteiger partial charge in [0.05, 0.1) is 17.6 Å². The van der Waals surface area contributed by atoms with Crippen LogP contribution in [0.1, 0.15) is 40.7 Å². The van der Waals surface area contributed by atoms with Crippen LogP contribution in [-0.2, 0) is 17.9 Å². The van der Waals surface area contributed by atoms with Gasteiger partial charge in [0.2, 0.25) is 5.89 Å². The number of carbonyl (C=O) groups is 1. The molecule has 6 aromatic rings. The third kappa shape index (κ3) is 6.48. The summed E-state index contributed by atoms with van der Waals surface area (Å²) in [6.07, 6.45) is 4.75. The number of hydrogen-bond acceptors (Lipinski definition) is 10. The van der Waals surface area contributed by atoms with E-state index in [0.717, 1.165) is 75.0 Å². The summed E-state index contributed by atoms with van der Waals surface area (Å²) in [6, 6.07) is 22.4. The number of anilines is 2. The summed E-state index contributed by atoms with van der Waals surface area (Å²) >= 11 is 0. The summed E-state index contributed by atoms with van der Waals surface area (Å²) in [5.41, 5.74) is 10.2. The molecule has 11 nitrogen and oxygen atoms in total. The van der Waals surface area contributed by atoms with Crippen molar-refractivity contribution in [2.24, 2.45) is 5.92 Å². The fraction of sp³-hybridized carbons (Fsp3) is 0.293. The number of nitrogens with one attached hydrogen (secondary N) is 1. The second-order valence-electron chi connectivity index (χ2n) is 14.0. The molecule has 262 valence electrons. The molecule has 3 aromatic carbocycles. The van der Waals surface area contributed by atoms with Crippen LogP contribution < -0.4 is 5.32 Å². The van der Waals surface area contributed by atoms with Gasteiger partial charge in [-0.1, -0.05) is 24.3 Å². The SMILES string of the molecule is Cc1c(Nc2nccc3cc(CN4CCC(C(=O)O)C4)cnc23)cccc1-c1cccc(-c2nc3cc(CN4CCC(O)C4)cc(C#N)c3o2)c1C. The number of aliphatic carboxylic acids is 1. The van der Waals surface area contributed by atoms with Gasteiger partial charge in [-0.25, -0.2) is 9.97 Å². The smallest absolute Gasteiger partial charge is 0.307 e. The third-order valence-electron chi connectivity index (χ3n) is 10.4. The van der Waals surface area contributed by atoms with Gasteiger partial charge in [0.25, 0.3) is 0 Å². The number of carboxylic acids is 1. The Balaban J connectivity index is 1.06. The molecular weight excluding hydrogens is 654 g/mol. The Labute approximate surface area is 301 Å². The van der Waals surface area contributed by atoms with Crippen LogP contribution in [0.25, 0.3) is 44.6 Å². The molecule has 2 aliphatic heterocycles. The van der Waals surface area contributed by atoms with E-state index in [2.05, 4.69) is 58.2 Å². The number of nitriles is 1. The first kappa shape index (κ1) is 33.5. The second kappa shape index (κ2) is 13.8. The molecule has 0 saturated carbocycles. The van der Waals surface area contributed by atoms with Crippen molar-refractivity contribution in [3.8, 4) is 28.7 Å². The van der Waals surface area contributed by atoms with E-state index in [4.69, 9.17) is 14.4 Å². The minimum absolute atomic E-state index is 0.308. The molecule has 2 unspecified atom stereocenters. The topological polar surface area (TPSA) is 152 Å². The van der Waals surface area contributed by atoms with Gasteiger partial charge >= 0.3 is 5.97 Å². The molecule has 2 aliphatic rings. The lowest BCUT2D eigenvalue weighted by Crippen LogP contribution is -2.22. The van der Waals surface area contributed by atoms with E-state index in [1.54, 1.807) is 6.20 Å². The number of β-amino-alcohol motifs (C(OH)–C–C–N with tert-alkyl or cyclic N) is 1. The fourth-order valence-electron chi connectivity index (χ4n) is 7.66. The Kier molecular flexibility index (Phi) is 8.89. The Morgan fingerprint density at radius 2 is 1.69 bits per heavy atom. The third-order valence-corrected chi connectivity index (χ3v) is 10.4. The number of pyridine rings is 2. The molecule has 2 saturated heterocycles. The molecule has 0 aliphatic carbocycles. The van der Waals surface area contributed by atoms with Crippen LogP contribution in [0.3, 0.4) is 0 Å². The number of nitrogens with zero attached hydrogens (tertiary/aromatic N) is 6. The molecule has 3 aromatic heterocycles. The molecule has 52 heavy (non-hydrogen) atoms. The van der Waals surface area contributed by atoms with Crippen molar-refractivity contribution >= 4 is 39.5 Å². The number of benzene rings is 3. The Morgan fingerprint density at radius 3 is 2.46 bits per heavy atom. The van der Waals surface area contributed by atoms with Crippen molar-refractivity contribution in [1.29, 1.82) is 5.26 Å². The number of fused-ring (bicyclic) bond motifs is 2. The number of carboxylic acid groups (broad SMARTS) is 1. The fourth-order valence-corrected chi connectivity index (χ4v) is 7.66. The summed E-state index contributed by atoms with van der Waals surface area (Å²) in [4.78, 5) is 30.1. The molecule has 0 spiro atoms. The zero-order valence-corrected chi connectivity index (χ0v) is 29.1. The highest BCUT2D eigenvalue weighted by Crippen LogP contribution is 2.38. The minimum Gasteiger partial charge on any atom is -0.481 e. The van der Waals surface area contributed by atoms with Gasteiger partial charge in [-0.2, -0.15) is 5.26 Å². The van der Waals surface area contributed by atoms with E-state index >= 15 is 0 Å². The maximum atomic E-state index is 11.4. The van der Waals surface area contributed by atoms with Crippen LogP contribution in [0.4, 0.5) is 11.5 Å². The maximum Gasteiger partial charge on any atom is 0.307 e. The summed E-state index contributed by atoms with van der Waals surface area (Å²) in [5.74, 6) is 0.0751. The standard InChI is InChI=1S/C41H39N7O4/c1-24-32(5-3-7-34(24)40-46-36-17-26(15-30(18-42)38(36)52-40)20-48-14-11-31(49)23-48)33-6-4-8-35(25(33)2)45-39-37-28(9-12-43-39)16-27(19-44-37)21-47-13-10-29(22-47)41(50)51/h3-9,12,15-17,19,29,31,49H,10-11,13-14,20-23H2,1-2H3,(H,43,45)(H,50,51). The van der Waals surface area contributed by atoms with Crippen LogP contribution >= 0.6 is 0 Å². The van der Waals surface area contributed by atoms with Gasteiger partial charge in [-0.15, -0.1) is 0 Å². The van der Waals surface area contributed by atoms with Crippen molar-refractivity contribution in [3.05, 3.63) is 101 Å². The van der Waals surface area contributed by atoms with E-state index in [-0.39, 0.29) is 12.0 Å². The van der Waals surface area contributed by atoms with Gasteiger partial charge in [0.15, 0.2) is 11.4 Å². The highest BCUT2D eigenvalue weighted by atomic mass is 16.4. The predicted molar refractivity (Wildman–Crippen MR) is 199 cm³/mol. The normalized spacial score (nSPS) is 18.0. The Bertz CT molecular complexity index is 2380. The molecule has 0 amide bonds. The zero-order valence-electron chi connectivity index (χ0n) is 29.1. The molecular formula is C41H39N7O4. The van der Waals surface area contributed by atoms with Crippen molar-refractivity contribution in [1.82, 2.24) is 24.8 Å². The lowest BCUT2D eigenvalue weighted by molar-refractivity contribution is -0.141. The number of aliphatic hydroxyl groups excluding tert-OH is 1. The van der Waals surface area contributed by atoms with Gasteiger partial charge in [0, 0.05) is 61.8 Å². The number of aromatic nitrogens is 3. The first-order valence-corrected chi connectivity index (χ1v) is 17.6. The van der Waals surface area contributed by atoms with E-state index in [1.165, 1.54) is 0 Å². The molecule has 0 radical (unpaired) electrons. The molecule has 2 atom stereocenters. The Morgan fingerprint density at radius 1 is 0.942 bits per heavy atom. The number of hydrogen-bond donors (Lipinski definition) is 3. The summed E-state index contributed by atoms with van der Waals surface area (Å²) in [6.45, 7) is 8.21. The number of oxazole rings is 1. The average Bonchev–Trinajstić information content (AvgIpc) is 3.89. The van der Waals surface area contributed by atoms with Crippen molar-refractivity contribution in [2.45, 2.75) is 45.9 Å². The zero-order chi connectivity index (χ0) is 35.9. The highest BCUT2D eigenvalue weighted by Gasteiger charge is 2.28. The largest absolute Gasteiger partial charge is 0.481 e. The maximum absolute atomic E-state index is 11.4. The lowest BCUT2D eigenvalue weighted by atomic mass is 9.93.